The fraction of sp³-hybridized carbons (Fsp3) is 0.417. The van der Waals surface area contributed by atoms with Crippen LogP contribution in [0.5, 0.6) is 0 Å². The molecule has 0 bridgehead atoms. The van der Waals surface area contributed by atoms with E-state index < -0.39 is 4.92 Å². The van der Waals surface area contributed by atoms with Crippen molar-refractivity contribution in [2.24, 2.45) is 5.73 Å². The van der Waals surface area contributed by atoms with Crippen molar-refractivity contribution in [1.29, 1.82) is 0 Å². The summed E-state index contributed by atoms with van der Waals surface area (Å²) in [5, 5.41) is 10.5. The first-order valence-electron chi connectivity index (χ1n) is 5.73. The van der Waals surface area contributed by atoms with Gasteiger partial charge in [0, 0.05) is 38.5 Å². The average molecular weight is 267 g/mol. The van der Waals surface area contributed by atoms with E-state index >= 15 is 0 Å². The van der Waals surface area contributed by atoms with Gasteiger partial charge in [0.25, 0.3) is 5.69 Å². The Labute approximate surface area is 111 Å². The zero-order valence-corrected chi connectivity index (χ0v) is 10.9. The summed E-state index contributed by atoms with van der Waals surface area (Å²) >= 11 is 0. The molecule has 0 saturated heterocycles. The lowest BCUT2D eigenvalue weighted by molar-refractivity contribution is -0.384. The number of nitrogens with two attached hydrogens (primary N) is 1. The summed E-state index contributed by atoms with van der Waals surface area (Å²) in [5.74, 6) is -0.161. The van der Waals surface area contributed by atoms with Crippen molar-refractivity contribution in [1.82, 2.24) is 0 Å². The smallest absolute Gasteiger partial charge is 0.269 e. The van der Waals surface area contributed by atoms with Gasteiger partial charge >= 0.3 is 0 Å². The summed E-state index contributed by atoms with van der Waals surface area (Å²) in [6.07, 6.45) is -0.159. The minimum absolute atomic E-state index is 0.0127. The van der Waals surface area contributed by atoms with Gasteiger partial charge < -0.3 is 15.4 Å². The SMILES string of the molecule is COC(CN)CC(=O)N(C)c1ccc([N+](=O)[O-])cc1. The summed E-state index contributed by atoms with van der Waals surface area (Å²) in [6.45, 7) is 0.260. The molecule has 1 rings (SSSR count). The molecule has 1 unspecified atom stereocenters. The topological polar surface area (TPSA) is 98.7 Å². The zero-order chi connectivity index (χ0) is 14.4. The maximum Gasteiger partial charge on any atom is 0.269 e. The highest BCUT2D eigenvalue weighted by Gasteiger charge is 2.17. The standard InChI is InChI=1S/C12H17N3O4/c1-14(12(16)7-11(8-13)19-2)9-3-5-10(6-4-9)15(17)18/h3-6,11H,7-8,13H2,1-2H3. The molecule has 0 heterocycles. The van der Waals surface area contributed by atoms with Gasteiger partial charge in [0.2, 0.25) is 5.91 Å². The van der Waals surface area contributed by atoms with Crippen molar-refractivity contribution in [3.05, 3.63) is 34.4 Å². The number of amides is 1. The first kappa shape index (κ1) is 15.1. The molecule has 1 atom stereocenters. The van der Waals surface area contributed by atoms with Crippen LogP contribution >= 0.6 is 0 Å². The van der Waals surface area contributed by atoms with Crippen molar-refractivity contribution in [3.8, 4) is 0 Å². The molecule has 0 aliphatic rings. The normalized spacial score (nSPS) is 11.9. The van der Waals surface area contributed by atoms with Gasteiger partial charge in [-0.1, -0.05) is 0 Å². The highest BCUT2D eigenvalue weighted by molar-refractivity contribution is 5.93. The number of ether oxygens (including phenoxy) is 1. The lowest BCUT2D eigenvalue weighted by Crippen LogP contribution is -2.33. The number of nitrogens with zero attached hydrogens (tertiary/aromatic N) is 2. The second kappa shape index (κ2) is 6.81. The van der Waals surface area contributed by atoms with Crippen LogP contribution in [0.3, 0.4) is 0 Å². The predicted molar refractivity (Wildman–Crippen MR) is 71.0 cm³/mol. The Hall–Kier alpha value is -1.99. The Morgan fingerprint density at radius 3 is 2.47 bits per heavy atom. The van der Waals surface area contributed by atoms with Crippen LogP contribution in [0.4, 0.5) is 11.4 Å². The number of carbonyl (C=O) groups excluding carboxylic acids is 1. The number of nitro benzene ring substituents is 1. The third kappa shape index (κ3) is 4.01. The first-order chi connectivity index (χ1) is 8.99. The molecule has 7 nitrogen and oxygen atoms in total. The van der Waals surface area contributed by atoms with Crippen LogP contribution in [-0.4, -0.2) is 37.6 Å². The van der Waals surface area contributed by atoms with Gasteiger partial charge in [-0.15, -0.1) is 0 Å². The van der Waals surface area contributed by atoms with Gasteiger partial charge in [0.05, 0.1) is 17.4 Å². The molecule has 1 aromatic carbocycles. The van der Waals surface area contributed by atoms with Crippen molar-refractivity contribution < 1.29 is 14.5 Å². The van der Waals surface area contributed by atoms with E-state index in [2.05, 4.69) is 0 Å². The number of methoxy groups -OCH3 is 1. The van der Waals surface area contributed by atoms with E-state index in [9.17, 15) is 14.9 Å². The molecule has 2 N–H and O–H groups in total. The summed E-state index contributed by atoms with van der Waals surface area (Å²) in [6, 6.07) is 5.77. The second-order valence-electron chi connectivity index (χ2n) is 4.02. The summed E-state index contributed by atoms with van der Waals surface area (Å²) in [5.41, 5.74) is 6.03. The molecule has 0 aromatic heterocycles. The van der Waals surface area contributed by atoms with E-state index in [0.717, 1.165) is 0 Å². The molecule has 19 heavy (non-hydrogen) atoms. The summed E-state index contributed by atoms with van der Waals surface area (Å²) in [4.78, 5) is 23.4. The molecular weight excluding hydrogens is 250 g/mol. The van der Waals surface area contributed by atoms with Crippen LogP contribution in [0, 0.1) is 10.1 Å². The molecule has 0 aliphatic heterocycles. The van der Waals surface area contributed by atoms with E-state index in [4.69, 9.17) is 10.5 Å². The van der Waals surface area contributed by atoms with Crippen LogP contribution in [-0.2, 0) is 9.53 Å². The van der Waals surface area contributed by atoms with Gasteiger partial charge in [0.1, 0.15) is 0 Å². The number of carbonyl (C=O) groups is 1. The van der Waals surface area contributed by atoms with E-state index in [1.54, 1.807) is 7.05 Å². The first-order valence-corrected chi connectivity index (χ1v) is 5.73. The number of rotatable bonds is 6. The van der Waals surface area contributed by atoms with E-state index in [0.29, 0.717) is 5.69 Å². The van der Waals surface area contributed by atoms with Crippen molar-refractivity contribution >= 4 is 17.3 Å². The van der Waals surface area contributed by atoms with Crippen LogP contribution in [0.1, 0.15) is 6.42 Å². The van der Waals surface area contributed by atoms with Crippen LogP contribution in [0.15, 0.2) is 24.3 Å². The average Bonchev–Trinajstić information content (AvgIpc) is 2.43. The molecule has 0 radical (unpaired) electrons. The van der Waals surface area contributed by atoms with Crippen LogP contribution < -0.4 is 10.6 Å². The lowest BCUT2D eigenvalue weighted by Gasteiger charge is -2.20. The molecule has 1 amide bonds. The van der Waals surface area contributed by atoms with Gasteiger partial charge in [-0.25, -0.2) is 0 Å². The van der Waals surface area contributed by atoms with Crippen molar-refractivity contribution in [2.45, 2.75) is 12.5 Å². The molecule has 0 aliphatic carbocycles. The summed E-state index contributed by atoms with van der Waals surface area (Å²) < 4.78 is 5.04. The minimum Gasteiger partial charge on any atom is -0.380 e. The fourth-order valence-corrected chi connectivity index (χ4v) is 1.54. The molecular formula is C12H17N3O4. The number of non-ortho nitro benzene ring substituents is 1. The molecule has 104 valence electrons. The Balaban J connectivity index is 2.73. The van der Waals surface area contributed by atoms with Gasteiger partial charge in [0.15, 0.2) is 0 Å². The molecule has 7 heteroatoms. The largest absolute Gasteiger partial charge is 0.380 e. The Morgan fingerprint density at radius 2 is 2.05 bits per heavy atom. The van der Waals surface area contributed by atoms with Crippen molar-refractivity contribution in [3.63, 3.8) is 0 Å². The number of hydrogen-bond donors (Lipinski definition) is 1. The third-order valence-corrected chi connectivity index (χ3v) is 2.82. The highest BCUT2D eigenvalue weighted by Crippen LogP contribution is 2.19. The number of nitro groups is 1. The Kier molecular flexibility index (Phi) is 5.40. The minimum atomic E-state index is -0.485. The van der Waals surface area contributed by atoms with Gasteiger partial charge in [-0.05, 0) is 12.1 Å². The van der Waals surface area contributed by atoms with E-state index in [1.807, 2.05) is 0 Å². The monoisotopic (exact) mass is 267 g/mol. The molecule has 1 aromatic rings. The van der Waals surface area contributed by atoms with Crippen molar-refractivity contribution in [2.75, 3.05) is 25.6 Å². The molecule has 0 fully saturated rings. The predicted octanol–water partition coefficient (Wildman–Crippen LogP) is 0.921. The maximum absolute atomic E-state index is 11.9. The quantitative estimate of drug-likeness (QED) is 0.610. The second-order valence-corrected chi connectivity index (χ2v) is 4.02. The number of benzene rings is 1. The van der Waals surface area contributed by atoms with Crippen LogP contribution in [0.25, 0.3) is 0 Å². The fourth-order valence-electron chi connectivity index (χ4n) is 1.54. The summed E-state index contributed by atoms with van der Waals surface area (Å²) in [7, 11) is 3.10. The number of anilines is 1. The Bertz CT molecular complexity index is 443. The highest BCUT2D eigenvalue weighted by atomic mass is 16.6. The number of hydrogen-bond acceptors (Lipinski definition) is 5. The van der Waals surface area contributed by atoms with E-state index in [1.165, 1.54) is 36.3 Å². The van der Waals surface area contributed by atoms with E-state index in [-0.39, 0.29) is 30.7 Å². The molecule has 0 saturated carbocycles. The van der Waals surface area contributed by atoms with Gasteiger partial charge in [-0.2, -0.15) is 0 Å². The van der Waals surface area contributed by atoms with Gasteiger partial charge in [-0.3, -0.25) is 14.9 Å². The Morgan fingerprint density at radius 1 is 1.47 bits per heavy atom. The maximum atomic E-state index is 11.9. The third-order valence-electron chi connectivity index (χ3n) is 2.82. The molecule has 0 spiro atoms. The lowest BCUT2D eigenvalue weighted by atomic mass is 10.2. The zero-order valence-electron chi connectivity index (χ0n) is 10.9. The van der Waals surface area contributed by atoms with Crippen LogP contribution in [0.2, 0.25) is 0 Å².